The molecule has 0 aliphatic rings. The number of benzene rings is 1. The first-order chi connectivity index (χ1) is 9.88. The molecule has 0 aliphatic heterocycles. The van der Waals surface area contributed by atoms with E-state index in [1.54, 1.807) is 0 Å². The topological polar surface area (TPSA) is 98.3 Å². The van der Waals surface area contributed by atoms with Crippen LogP contribution >= 0.6 is 11.6 Å². The van der Waals surface area contributed by atoms with Gasteiger partial charge in [0.05, 0.1) is 12.8 Å². The summed E-state index contributed by atoms with van der Waals surface area (Å²) in [6.45, 7) is 0.452. The van der Waals surface area contributed by atoms with Crippen LogP contribution in [0, 0.1) is 0 Å². The van der Waals surface area contributed by atoms with Crippen LogP contribution in [-0.4, -0.2) is 30.9 Å². The Balaban J connectivity index is 2.24. The van der Waals surface area contributed by atoms with Gasteiger partial charge in [0.1, 0.15) is 5.69 Å². The summed E-state index contributed by atoms with van der Waals surface area (Å²) in [7, 11) is -3.57. The SMILES string of the molecule is CS(=O)(=O)c1nc(N)c(/C=N/Cc2ccccc2)nc1Cl. The Morgan fingerprint density at radius 1 is 1.29 bits per heavy atom. The summed E-state index contributed by atoms with van der Waals surface area (Å²) in [6, 6.07) is 9.62. The molecular formula is C13H13ClN4O2S. The Kier molecular flexibility index (Phi) is 4.54. The van der Waals surface area contributed by atoms with E-state index in [0.29, 0.717) is 6.54 Å². The molecule has 8 heteroatoms. The third-order valence-corrected chi connectivity index (χ3v) is 3.92. The predicted octanol–water partition coefficient (Wildman–Crippen LogP) is 1.73. The van der Waals surface area contributed by atoms with Crippen LogP contribution in [-0.2, 0) is 16.4 Å². The minimum atomic E-state index is -3.57. The van der Waals surface area contributed by atoms with E-state index in [1.165, 1.54) is 6.21 Å². The molecule has 2 N–H and O–H groups in total. The van der Waals surface area contributed by atoms with E-state index < -0.39 is 9.84 Å². The standard InChI is InChI=1S/C13H13ClN4O2S/c1-21(19,20)13-11(14)17-10(12(15)18-13)8-16-7-9-5-3-2-4-6-9/h2-6,8H,7H2,1H3,(H2,15,18)/b16-8+. The predicted molar refractivity (Wildman–Crippen MR) is 82.3 cm³/mol. The van der Waals surface area contributed by atoms with Gasteiger partial charge < -0.3 is 5.73 Å². The molecule has 0 fully saturated rings. The lowest BCUT2D eigenvalue weighted by molar-refractivity contribution is 0.598. The summed E-state index contributed by atoms with van der Waals surface area (Å²) in [5.74, 6) is -0.0309. The number of aromatic nitrogens is 2. The minimum Gasteiger partial charge on any atom is -0.382 e. The minimum absolute atomic E-state index is 0.0309. The molecule has 21 heavy (non-hydrogen) atoms. The van der Waals surface area contributed by atoms with Crippen molar-refractivity contribution in [1.29, 1.82) is 0 Å². The molecule has 0 saturated carbocycles. The average Bonchev–Trinajstić information content (AvgIpc) is 2.42. The largest absolute Gasteiger partial charge is 0.382 e. The molecule has 6 nitrogen and oxygen atoms in total. The van der Waals surface area contributed by atoms with E-state index in [-0.39, 0.29) is 21.7 Å². The van der Waals surface area contributed by atoms with Gasteiger partial charge in [0.2, 0.25) is 0 Å². The van der Waals surface area contributed by atoms with E-state index in [4.69, 9.17) is 17.3 Å². The van der Waals surface area contributed by atoms with Gasteiger partial charge in [-0.1, -0.05) is 41.9 Å². The number of rotatable bonds is 4. The van der Waals surface area contributed by atoms with Crippen molar-refractivity contribution in [2.45, 2.75) is 11.6 Å². The average molecular weight is 325 g/mol. The normalized spacial score (nSPS) is 11.9. The van der Waals surface area contributed by atoms with E-state index in [9.17, 15) is 8.42 Å². The molecule has 1 aromatic carbocycles. The van der Waals surface area contributed by atoms with Gasteiger partial charge >= 0.3 is 0 Å². The molecule has 0 radical (unpaired) electrons. The number of hydrogen-bond donors (Lipinski definition) is 1. The smallest absolute Gasteiger partial charge is 0.195 e. The molecular weight excluding hydrogens is 312 g/mol. The number of nitrogens with two attached hydrogens (primary N) is 1. The molecule has 0 amide bonds. The number of aliphatic imine (C=N–C) groups is 1. The second-order valence-electron chi connectivity index (χ2n) is 4.32. The van der Waals surface area contributed by atoms with Crippen LogP contribution in [0.4, 0.5) is 5.82 Å². The first-order valence-corrected chi connectivity index (χ1v) is 8.21. The molecule has 0 aliphatic carbocycles. The van der Waals surface area contributed by atoms with Crippen LogP contribution in [0.2, 0.25) is 5.15 Å². The van der Waals surface area contributed by atoms with E-state index in [1.807, 2.05) is 30.3 Å². The van der Waals surface area contributed by atoms with E-state index >= 15 is 0 Å². The number of nitrogens with zero attached hydrogens (tertiary/aromatic N) is 3. The maximum Gasteiger partial charge on any atom is 0.195 e. The van der Waals surface area contributed by atoms with Crippen LogP contribution in [0.1, 0.15) is 11.3 Å². The molecule has 110 valence electrons. The molecule has 1 heterocycles. The van der Waals surface area contributed by atoms with Gasteiger partial charge in [0.25, 0.3) is 0 Å². The van der Waals surface area contributed by atoms with Crippen molar-refractivity contribution in [2.24, 2.45) is 4.99 Å². The zero-order valence-corrected chi connectivity index (χ0v) is 12.8. The van der Waals surface area contributed by atoms with Gasteiger partial charge in [-0.25, -0.2) is 18.4 Å². The third-order valence-electron chi connectivity index (χ3n) is 2.56. The summed E-state index contributed by atoms with van der Waals surface area (Å²) in [5.41, 5.74) is 6.94. The van der Waals surface area contributed by atoms with Gasteiger partial charge in [-0.3, -0.25) is 4.99 Å². The Morgan fingerprint density at radius 2 is 1.95 bits per heavy atom. The fraction of sp³-hybridized carbons (Fsp3) is 0.154. The lowest BCUT2D eigenvalue weighted by Crippen LogP contribution is -2.09. The van der Waals surface area contributed by atoms with Crippen molar-refractivity contribution in [3.63, 3.8) is 0 Å². The van der Waals surface area contributed by atoms with Gasteiger partial charge in [-0.05, 0) is 5.56 Å². The second kappa shape index (κ2) is 6.19. The maximum absolute atomic E-state index is 11.4. The summed E-state index contributed by atoms with van der Waals surface area (Å²) in [4.78, 5) is 11.9. The molecule has 2 aromatic rings. The number of sulfone groups is 1. The monoisotopic (exact) mass is 324 g/mol. The van der Waals surface area contributed by atoms with Crippen molar-refractivity contribution < 1.29 is 8.42 Å². The molecule has 0 spiro atoms. The first-order valence-electron chi connectivity index (χ1n) is 5.95. The zero-order valence-electron chi connectivity index (χ0n) is 11.2. The highest BCUT2D eigenvalue weighted by Gasteiger charge is 2.18. The van der Waals surface area contributed by atoms with Crippen molar-refractivity contribution in [2.75, 3.05) is 12.0 Å². The fourth-order valence-corrected chi connectivity index (χ4v) is 2.75. The summed E-state index contributed by atoms with van der Waals surface area (Å²) in [5, 5.41) is -0.547. The Bertz CT molecular complexity index is 776. The maximum atomic E-state index is 11.4. The van der Waals surface area contributed by atoms with Gasteiger partial charge in [-0.2, -0.15) is 0 Å². The Labute approximate surface area is 127 Å². The lowest BCUT2D eigenvalue weighted by atomic mass is 10.2. The van der Waals surface area contributed by atoms with Crippen molar-refractivity contribution in [3.05, 3.63) is 46.7 Å². The van der Waals surface area contributed by atoms with Crippen molar-refractivity contribution >= 4 is 33.5 Å². The number of halogens is 1. The quantitative estimate of drug-likeness (QED) is 0.864. The third kappa shape index (κ3) is 3.99. The molecule has 0 atom stereocenters. The lowest BCUT2D eigenvalue weighted by Gasteiger charge is -2.04. The molecule has 0 bridgehead atoms. The van der Waals surface area contributed by atoms with Crippen LogP contribution in [0.15, 0.2) is 40.4 Å². The summed E-state index contributed by atoms with van der Waals surface area (Å²) in [6.07, 6.45) is 2.42. The first kappa shape index (κ1) is 15.4. The second-order valence-corrected chi connectivity index (χ2v) is 6.61. The number of hydrogen-bond acceptors (Lipinski definition) is 6. The molecule has 0 unspecified atom stereocenters. The van der Waals surface area contributed by atoms with Gasteiger partial charge in [0, 0.05) is 6.26 Å². The van der Waals surface area contributed by atoms with Crippen LogP contribution in [0.25, 0.3) is 0 Å². The fourth-order valence-electron chi connectivity index (χ4n) is 1.58. The van der Waals surface area contributed by atoms with Gasteiger partial charge in [0.15, 0.2) is 25.8 Å². The highest BCUT2D eigenvalue weighted by atomic mass is 35.5. The van der Waals surface area contributed by atoms with Crippen LogP contribution < -0.4 is 5.73 Å². The van der Waals surface area contributed by atoms with Crippen molar-refractivity contribution in [1.82, 2.24) is 9.97 Å². The molecule has 0 saturated heterocycles. The number of anilines is 1. The number of nitrogen functional groups attached to an aromatic ring is 1. The summed E-state index contributed by atoms with van der Waals surface area (Å²) >= 11 is 5.81. The van der Waals surface area contributed by atoms with Crippen molar-refractivity contribution in [3.8, 4) is 0 Å². The zero-order chi connectivity index (χ0) is 15.5. The van der Waals surface area contributed by atoms with Crippen LogP contribution in [0.5, 0.6) is 0 Å². The van der Waals surface area contributed by atoms with Crippen LogP contribution in [0.3, 0.4) is 0 Å². The summed E-state index contributed by atoms with van der Waals surface area (Å²) < 4.78 is 22.9. The highest BCUT2D eigenvalue weighted by molar-refractivity contribution is 7.90. The Hall–Kier alpha value is -1.99. The highest BCUT2D eigenvalue weighted by Crippen LogP contribution is 2.19. The van der Waals surface area contributed by atoms with Gasteiger partial charge in [-0.15, -0.1) is 0 Å². The Morgan fingerprint density at radius 3 is 2.57 bits per heavy atom. The van der Waals surface area contributed by atoms with E-state index in [0.717, 1.165) is 11.8 Å². The molecule has 1 aromatic heterocycles. The van der Waals surface area contributed by atoms with E-state index in [2.05, 4.69) is 15.0 Å². The molecule has 2 rings (SSSR count).